The maximum atomic E-state index is 12.3. The lowest BCUT2D eigenvalue weighted by atomic mass is 10.4. The fraction of sp³-hybridized carbons (Fsp3) is 0.333. The maximum absolute atomic E-state index is 12.3. The van der Waals surface area contributed by atoms with Crippen LogP contribution in [0.3, 0.4) is 0 Å². The van der Waals surface area contributed by atoms with Crippen LogP contribution in [-0.2, 0) is 11.3 Å². The van der Waals surface area contributed by atoms with Crippen LogP contribution in [0.5, 0.6) is 0 Å². The summed E-state index contributed by atoms with van der Waals surface area (Å²) in [6.07, 6.45) is 0. The largest absolute Gasteiger partial charge is 0.340 e. The number of hydrogen-bond donors (Lipinski definition) is 1. The van der Waals surface area contributed by atoms with Crippen LogP contribution in [0.4, 0.5) is 0 Å². The smallest absolute Gasteiger partial charge is 0.271 e. The number of aromatic nitrogens is 5. The van der Waals surface area contributed by atoms with Crippen molar-refractivity contribution < 1.29 is 4.79 Å². The van der Waals surface area contributed by atoms with Crippen molar-refractivity contribution in [2.24, 2.45) is 0 Å². The Balaban J connectivity index is 1.64. The number of nitrogens with two attached hydrogens (primary N) is 1. The fourth-order valence-corrected chi connectivity index (χ4v) is 3.85. The molecule has 0 aromatic carbocycles. The highest BCUT2D eigenvalue weighted by Crippen LogP contribution is 2.18. The van der Waals surface area contributed by atoms with Crippen LogP contribution >= 0.6 is 23.1 Å². The first-order valence-corrected chi connectivity index (χ1v) is 9.45. The number of nitrogen functional groups attached to an aromatic ring is 1. The van der Waals surface area contributed by atoms with Crippen molar-refractivity contribution in [2.75, 3.05) is 18.6 Å². The number of rotatable bonds is 6. The van der Waals surface area contributed by atoms with E-state index in [-0.39, 0.29) is 11.7 Å². The molecular formula is C15H19N7OS2. The van der Waals surface area contributed by atoms with Gasteiger partial charge in [0.25, 0.3) is 5.95 Å². The third-order valence-corrected chi connectivity index (χ3v) is 5.36. The molecule has 0 atom stereocenters. The third kappa shape index (κ3) is 3.85. The molecular weight excluding hydrogens is 358 g/mol. The van der Waals surface area contributed by atoms with E-state index in [1.807, 2.05) is 37.4 Å². The number of carbonyl (C=O) groups is 1. The van der Waals surface area contributed by atoms with Gasteiger partial charge >= 0.3 is 0 Å². The summed E-state index contributed by atoms with van der Waals surface area (Å²) in [7, 11) is 1.79. The van der Waals surface area contributed by atoms with Gasteiger partial charge in [-0.15, -0.1) is 21.5 Å². The van der Waals surface area contributed by atoms with Gasteiger partial charge in [0, 0.05) is 17.6 Å². The molecule has 10 heteroatoms. The first kappa shape index (κ1) is 17.5. The average molecular weight is 377 g/mol. The van der Waals surface area contributed by atoms with Gasteiger partial charge in [-0.3, -0.25) is 4.79 Å². The van der Waals surface area contributed by atoms with Gasteiger partial charge in [-0.25, -0.2) is 9.36 Å². The van der Waals surface area contributed by atoms with Gasteiger partial charge in [0.15, 0.2) is 0 Å². The molecule has 2 N–H and O–H groups in total. The Labute approximate surface area is 153 Å². The molecule has 3 rings (SSSR count). The number of nitrogens with zero attached hydrogens (tertiary/aromatic N) is 6. The summed E-state index contributed by atoms with van der Waals surface area (Å²) in [6.45, 7) is 4.42. The van der Waals surface area contributed by atoms with Gasteiger partial charge in [-0.05, 0) is 31.4 Å². The molecule has 3 heterocycles. The van der Waals surface area contributed by atoms with Gasteiger partial charge in [-0.2, -0.15) is 5.10 Å². The van der Waals surface area contributed by atoms with Crippen LogP contribution in [0.2, 0.25) is 0 Å². The molecule has 1 amide bonds. The summed E-state index contributed by atoms with van der Waals surface area (Å²) in [5.74, 6) is 6.75. The van der Waals surface area contributed by atoms with Gasteiger partial charge in [0.2, 0.25) is 11.1 Å². The quantitative estimate of drug-likeness (QED) is 0.518. The average Bonchev–Trinajstić information content (AvgIpc) is 3.27. The van der Waals surface area contributed by atoms with Crippen LogP contribution in [0.15, 0.2) is 28.7 Å². The number of aryl methyl sites for hydroxylation is 2. The third-order valence-electron chi connectivity index (χ3n) is 3.57. The van der Waals surface area contributed by atoms with E-state index in [4.69, 9.17) is 5.84 Å². The molecule has 3 aromatic rings. The second-order valence-electron chi connectivity index (χ2n) is 5.61. The molecule has 3 aromatic heterocycles. The second-order valence-corrected chi connectivity index (χ2v) is 7.58. The first-order valence-electron chi connectivity index (χ1n) is 7.59. The molecule has 0 unspecified atom stereocenters. The molecule has 0 saturated heterocycles. The van der Waals surface area contributed by atoms with Crippen LogP contribution < -0.4 is 5.84 Å². The van der Waals surface area contributed by atoms with Crippen molar-refractivity contribution in [1.29, 1.82) is 0 Å². The topological polar surface area (TPSA) is 94.9 Å². The van der Waals surface area contributed by atoms with Crippen LogP contribution in [0, 0.1) is 13.8 Å². The van der Waals surface area contributed by atoms with E-state index in [2.05, 4.69) is 15.3 Å². The minimum absolute atomic E-state index is 0.00839. The summed E-state index contributed by atoms with van der Waals surface area (Å²) in [6, 6.07) is 5.92. The standard InChI is InChI=1S/C15H19N7OS2/c1-10-7-11(2)22(19-10)14-17-18-15(21(14)16)25-9-13(23)20(3)8-12-5-4-6-24-12/h4-7H,8-9,16H2,1-3H3. The van der Waals surface area contributed by atoms with E-state index in [0.717, 1.165) is 16.3 Å². The monoisotopic (exact) mass is 377 g/mol. The van der Waals surface area contributed by atoms with E-state index in [0.29, 0.717) is 17.6 Å². The van der Waals surface area contributed by atoms with E-state index in [9.17, 15) is 4.79 Å². The minimum atomic E-state index is 0.00839. The van der Waals surface area contributed by atoms with E-state index in [1.165, 1.54) is 16.4 Å². The van der Waals surface area contributed by atoms with Crippen molar-refractivity contribution >= 4 is 29.0 Å². The van der Waals surface area contributed by atoms with Gasteiger partial charge < -0.3 is 10.7 Å². The number of amides is 1. The SMILES string of the molecule is Cc1cc(C)n(-c2nnc(SCC(=O)N(C)Cc3cccs3)n2N)n1. The Hall–Kier alpha value is -2.33. The zero-order valence-corrected chi connectivity index (χ0v) is 15.8. The highest BCUT2D eigenvalue weighted by Gasteiger charge is 2.17. The van der Waals surface area contributed by atoms with Crippen molar-refractivity contribution in [3.63, 3.8) is 0 Å². The summed E-state index contributed by atoms with van der Waals surface area (Å²) >= 11 is 2.89. The lowest BCUT2D eigenvalue weighted by Crippen LogP contribution is -2.27. The Morgan fingerprint density at radius 1 is 1.40 bits per heavy atom. The lowest BCUT2D eigenvalue weighted by molar-refractivity contribution is -0.127. The van der Waals surface area contributed by atoms with Crippen molar-refractivity contribution in [2.45, 2.75) is 25.5 Å². The highest BCUT2D eigenvalue weighted by atomic mass is 32.2. The number of thiophene rings is 1. The normalized spacial score (nSPS) is 11.0. The summed E-state index contributed by atoms with van der Waals surface area (Å²) < 4.78 is 2.99. The molecule has 0 aliphatic heterocycles. The van der Waals surface area contributed by atoms with Crippen LogP contribution in [0.25, 0.3) is 5.95 Å². The molecule has 0 aliphatic rings. The zero-order valence-electron chi connectivity index (χ0n) is 14.2. The molecule has 0 spiro atoms. The molecule has 0 fully saturated rings. The molecule has 0 radical (unpaired) electrons. The predicted molar refractivity (Wildman–Crippen MR) is 98.3 cm³/mol. The van der Waals surface area contributed by atoms with Crippen LogP contribution in [0.1, 0.15) is 16.3 Å². The predicted octanol–water partition coefficient (Wildman–Crippen LogP) is 1.61. The van der Waals surface area contributed by atoms with Gasteiger partial charge in [0.1, 0.15) is 0 Å². The summed E-state index contributed by atoms with van der Waals surface area (Å²) in [5, 5.41) is 15.0. The zero-order chi connectivity index (χ0) is 18.0. The molecule has 0 bridgehead atoms. The molecule has 0 saturated carbocycles. The lowest BCUT2D eigenvalue weighted by Gasteiger charge is -2.15. The van der Waals surface area contributed by atoms with Crippen molar-refractivity contribution in [3.05, 3.63) is 39.8 Å². The number of thioether (sulfide) groups is 1. The molecule has 8 nitrogen and oxygen atoms in total. The Bertz CT molecular complexity index is 869. The van der Waals surface area contributed by atoms with Gasteiger partial charge in [0.05, 0.1) is 18.0 Å². The minimum Gasteiger partial charge on any atom is -0.340 e. The van der Waals surface area contributed by atoms with Crippen LogP contribution in [-0.4, -0.2) is 48.3 Å². The fourth-order valence-electron chi connectivity index (χ4n) is 2.30. The first-order chi connectivity index (χ1) is 12.0. The summed E-state index contributed by atoms with van der Waals surface area (Å²) in [4.78, 5) is 15.1. The van der Waals surface area contributed by atoms with E-state index >= 15 is 0 Å². The maximum Gasteiger partial charge on any atom is 0.271 e. The van der Waals surface area contributed by atoms with E-state index < -0.39 is 0 Å². The van der Waals surface area contributed by atoms with Crippen molar-refractivity contribution in [1.82, 2.24) is 29.6 Å². The summed E-state index contributed by atoms with van der Waals surface area (Å²) in [5.41, 5.74) is 1.79. The Morgan fingerprint density at radius 3 is 2.84 bits per heavy atom. The molecule has 132 valence electrons. The van der Waals surface area contributed by atoms with E-state index in [1.54, 1.807) is 28.0 Å². The Kier molecular flexibility index (Phi) is 5.09. The number of hydrogen-bond acceptors (Lipinski definition) is 7. The second kappa shape index (κ2) is 7.28. The highest BCUT2D eigenvalue weighted by molar-refractivity contribution is 7.99. The van der Waals surface area contributed by atoms with Gasteiger partial charge in [-0.1, -0.05) is 17.8 Å². The molecule has 25 heavy (non-hydrogen) atoms. The van der Waals surface area contributed by atoms with Crippen molar-refractivity contribution in [3.8, 4) is 5.95 Å². The Morgan fingerprint density at radius 2 is 2.20 bits per heavy atom. The molecule has 0 aliphatic carbocycles. The number of carbonyl (C=O) groups excluding carboxylic acids is 1.